The summed E-state index contributed by atoms with van der Waals surface area (Å²) in [4.78, 5) is 40.5. The molecule has 6 heterocycles. The lowest BCUT2D eigenvalue weighted by Crippen LogP contribution is -2.55. The van der Waals surface area contributed by atoms with Gasteiger partial charge in [-0.05, 0) is 129 Å². The zero-order valence-corrected chi connectivity index (χ0v) is 37.9. The summed E-state index contributed by atoms with van der Waals surface area (Å²) < 4.78 is 41.5. The number of anilines is 4. The molecule has 1 aliphatic carbocycles. The molecule has 15 nitrogen and oxygen atoms in total. The number of hydrogen-bond acceptors (Lipinski definition) is 12. The molecule has 16 heteroatoms. The lowest BCUT2D eigenvalue weighted by molar-refractivity contribution is -0.384. The van der Waals surface area contributed by atoms with Crippen LogP contribution in [0.4, 0.5) is 28.4 Å². The fraction of sp³-hybridized carbons (Fsp3) is 0.469. The molecule has 1 spiro atoms. The van der Waals surface area contributed by atoms with Gasteiger partial charge >= 0.3 is 0 Å². The second-order valence-corrected chi connectivity index (χ2v) is 20.6. The first-order chi connectivity index (χ1) is 31.4. The summed E-state index contributed by atoms with van der Waals surface area (Å²) in [5.74, 6) is 0.329. The largest absolute Gasteiger partial charge is 0.474 e. The summed E-state index contributed by atoms with van der Waals surface area (Å²) in [6.07, 6.45) is 10.5. The monoisotopic (exact) mass is 902 g/mol. The molecule has 342 valence electrons. The molecule has 2 aromatic heterocycles. The van der Waals surface area contributed by atoms with Crippen molar-refractivity contribution in [3.05, 3.63) is 106 Å². The number of hydrogen-bond donors (Lipinski definition) is 3. The van der Waals surface area contributed by atoms with Gasteiger partial charge in [-0.25, -0.2) is 13.1 Å². The molecule has 0 unspecified atom stereocenters. The highest BCUT2D eigenvalue weighted by Gasteiger charge is 2.50. The Labute approximate surface area is 380 Å². The summed E-state index contributed by atoms with van der Waals surface area (Å²) in [5.41, 5.74) is 6.03. The van der Waals surface area contributed by atoms with Gasteiger partial charge in [0, 0.05) is 68.3 Å². The van der Waals surface area contributed by atoms with Crippen molar-refractivity contribution in [1.82, 2.24) is 19.6 Å². The summed E-state index contributed by atoms with van der Waals surface area (Å²) >= 11 is 0. The third-order valence-electron chi connectivity index (χ3n) is 14.7. The van der Waals surface area contributed by atoms with Crippen molar-refractivity contribution in [3.8, 4) is 5.88 Å². The molecule has 1 amide bonds. The van der Waals surface area contributed by atoms with Crippen molar-refractivity contribution < 1.29 is 27.6 Å². The van der Waals surface area contributed by atoms with E-state index in [9.17, 15) is 23.3 Å². The van der Waals surface area contributed by atoms with E-state index in [4.69, 9.17) is 14.5 Å². The summed E-state index contributed by atoms with van der Waals surface area (Å²) in [6, 6.07) is 23.2. The van der Waals surface area contributed by atoms with Crippen molar-refractivity contribution >= 4 is 55.4 Å². The standard InChI is InChI=1S/C49H58N8O7S/c1-32(2)38-6-3-4-7-39(38)42-8-5-19-55(42)36-29-49(30-36)16-20-54(21-17-49)35-9-11-40(43(27-35)56-22-25-64-48-45(56)26-34-13-18-50-46(34)52-48)47(58)53-65(61,62)37-10-12-41(44(28-37)57(59)60)51-31-33-14-23-63-24-15-33/h3-4,6-7,9-13,18,26-28,32-33,36,42,51H,5,8,14-17,19-25,29-31H2,1-2H3,(H,50,52)(H,53,58)/t42-/m0/s1. The number of rotatable bonds is 12. The molecule has 0 radical (unpaired) electrons. The smallest absolute Gasteiger partial charge is 0.293 e. The number of amides is 1. The number of carbonyl (C=O) groups is 1. The number of nitrogens with one attached hydrogen (secondary N) is 3. The average Bonchev–Trinajstić information content (AvgIpc) is 3.99. The van der Waals surface area contributed by atoms with Gasteiger partial charge in [-0.15, -0.1) is 0 Å². The van der Waals surface area contributed by atoms with Gasteiger partial charge in [-0.2, -0.15) is 4.98 Å². The summed E-state index contributed by atoms with van der Waals surface area (Å²) in [5, 5.41) is 16.2. The fourth-order valence-electron chi connectivity index (χ4n) is 11.1. The molecule has 3 aromatic carbocycles. The minimum Gasteiger partial charge on any atom is -0.474 e. The molecular formula is C49H58N8O7S. The number of H-pyrrole nitrogens is 1. The second kappa shape index (κ2) is 17.6. The lowest BCUT2D eigenvalue weighted by Gasteiger charge is -2.56. The van der Waals surface area contributed by atoms with Crippen LogP contribution in [-0.2, 0) is 14.8 Å². The molecule has 5 aliphatic rings. The van der Waals surface area contributed by atoms with Crippen LogP contribution in [0.1, 0.15) is 98.7 Å². The number of nitrogens with zero attached hydrogens (tertiary/aromatic N) is 5. The highest BCUT2D eigenvalue weighted by Crippen LogP contribution is 2.54. The fourth-order valence-corrected chi connectivity index (χ4v) is 12.1. The van der Waals surface area contributed by atoms with Crippen LogP contribution in [0.5, 0.6) is 5.88 Å². The predicted molar refractivity (Wildman–Crippen MR) is 251 cm³/mol. The van der Waals surface area contributed by atoms with Gasteiger partial charge in [0.25, 0.3) is 21.6 Å². The topological polar surface area (TPSA) is 175 Å². The van der Waals surface area contributed by atoms with E-state index < -0.39 is 20.9 Å². The first-order valence-electron chi connectivity index (χ1n) is 23.2. The average molecular weight is 903 g/mol. The number of pyridine rings is 1. The zero-order valence-electron chi connectivity index (χ0n) is 37.1. The number of aromatic nitrogens is 2. The Bertz CT molecular complexity index is 2700. The highest BCUT2D eigenvalue weighted by atomic mass is 32.2. The quantitative estimate of drug-likeness (QED) is 0.0804. The number of carbonyl (C=O) groups excluding carboxylic acids is 1. The zero-order chi connectivity index (χ0) is 44.9. The minimum absolute atomic E-state index is 0.137. The molecule has 65 heavy (non-hydrogen) atoms. The number of benzene rings is 3. The number of nitro groups is 1. The molecule has 4 fully saturated rings. The number of aromatic amines is 1. The molecule has 1 atom stereocenters. The van der Waals surface area contributed by atoms with Crippen molar-refractivity contribution in [1.29, 1.82) is 0 Å². The SMILES string of the molecule is CC(C)c1ccccc1[C@@H]1CCCN1C1CC2(CCN(c3ccc(C(=O)NS(=O)(=O)c4ccc(NCC5CCOCC5)c([N+](=O)[O-])c4)c(N4CCOc5nc6[nH]ccc6cc54)c3)CC2)C1. The molecule has 0 bridgehead atoms. The summed E-state index contributed by atoms with van der Waals surface area (Å²) in [6.45, 7) is 9.93. The lowest BCUT2D eigenvalue weighted by atomic mass is 9.59. The maximum atomic E-state index is 14.3. The van der Waals surface area contributed by atoms with Crippen LogP contribution in [0.3, 0.4) is 0 Å². The van der Waals surface area contributed by atoms with E-state index in [1.54, 1.807) is 12.3 Å². The van der Waals surface area contributed by atoms with Crippen molar-refractivity contribution in [2.75, 3.05) is 67.7 Å². The first kappa shape index (κ1) is 43.2. The Morgan fingerprint density at radius 2 is 1.75 bits per heavy atom. The van der Waals surface area contributed by atoms with Crippen LogP contribution in [0, 0.1) is 21.4 Å². The van der Waals surface area contributed by atoms with E-state index in [1.165, 1.54) is 48.9 Å². The Morgan fingerprint density at radius 3 is 2.54 bits per heavy atom. The van der Waals surface area contributed by atoms with E-state index in [-0.39, 0.29) is 27.8 Å². The summed E-state index contributed by atoms with van der Waals surface area (Å²) in [7, 11) is -4.54. The van der Waals surface area contributed by atoms with Gasteiger partial charge in [-0.3, -0.25) is 19.8 Å². The van der Waals surface area contributed by atoms with E-state index in [0.717, 1.165) is 62.5 Å². The van der Waals surface area contributed by atoms with Gasteiger partial charge in [0.2, 0.25) is 5.88 Å². The number of ether oxygens (including phenoxy) is 2. The number of likely N-dealkylation sites (tertiary alicyclic amines) is 1. The molecule has 1 saturated carbocycles. The van der Waals surface area contributed by atoms with Gasteiger partial charge in [0.15, 0.2) is 0 Å². The van der Waals surface area contributed by atoms with Gasteiger partial charge in [0.1, 0.15) is 23.6 Å². The number of sulfonamides is 1. The predicted octanol–water partition coefficient (Wildman–Crippen LogP) is 8.67. The van der Waals surface area contributed by atoms with Gasteiger partial charge < -0.3 is 29.6 Å². The van der Waals surface area contributed by atoms with Crippen LogP contribution in [0.2, 0.25) is 0 Å². The normalized spacial score (nSPS) is 20.4. The van der Waals surface area contributed by atoms with Crippen molar-refractivity contribution in [2.24, 2.45) is 11.3 Å². The van der Waals surface area contributed by atoms with Crippen molar-refractivity contribution in [3.63, 3.8) is 0 Å². The Hall–Kier alpha value is -5.71. The maximum absolute atomic E-state index is 14.3. The van der Waals surface area contributed by atoms with E-state index in [0.29, 0.717) is 79.2 Å². The van der Waals surface area contributed by atoms with Crippen molar-refractivity contribution in [2.45, 2.75) is 88.1 Å². The highest BCUT2D eigenvalue weighted by molar-refractivity contribution is 7.90. The number of piperidine rings is 1. The second-order valence-electron chi connectivity index (χ2n) is 19.0. The first-order valence-corrected chi connectivity index (χ1v) is 24.7. The van der Waals surface area contributed by atoms with Crippen LogP contribution < -0.4 is 24.6 Å². The van der Waals surface area contributed by atoms with E-state index in [1.807, 2.05) is 29.2 Å². The van der Waals surface area contributed by atoms with Gasteiger partial charge in [-0.1, -0.05) is 38.1 Å². The molecule has 4 aliphatic heterocycles. The van der Waals surface area contributed by atoms with Crippen LogP contribution in [-0.4, -0.2) is 92.7 Å². The third-order valence-corrected chi connectivity index (χ3v) is 16.1. The van der Waals surface area contributed by atoms with E-state index >= 15 is 0 Å². The Kier molecular flexibility index (Phi) is 11.7. The van der Waals surface area contributed by atoms with Crippen LogP contribution in [0.15, 0.2) is 83.9 Å². The van der Waals surface area contributed by atoms with E-state index in [2.05, 4.69) is 62.9 Å². The molecule has 5 aromatic rings. The number of fused-ring (bicyclic) bond motifs is 2. The maximum Gasteiger partial charge on any atom is 0.293 e. The molecule has 10 rings (SSSR count). The Morgan fingerprint density at radius 1 is 0.954 bits per heavy atom. The minimum atomic E-state index is -4.54. The van der Waals surface area contributed by atoms with Crippen LogP contribution in [0.25, 0.3) is 11.0 Å². The Balaban J connectivity index is 0.885. The molecule has 3 saturated heterocycles. The molecule has 3 N–H and O–H groups in total. The molecular weight excluding hydrogens is 845 g/mol. The van der Waals surface area contributed by atoms with Crippen LogP contribution >= 0.6 is 0 Å². The van der Waals surface area contributed by atoms with Gasteiger partial charge in [0.05, 0.1) is 27.6 Å². The third kappa shape index (κ3) is 8.51. The number of nitro benzene ring substituents is 1.